The second kappa shape index (κ2) is 7.67. The van der Waals surface area contributed by atoms with Gasteiger partial charge in [0, 0.05) is 19.3 Å². The van der Waals surface area contributed by atoms with Crippen molar-refractivity contribution in [2.45, 2.75) is 46.1 Å². The number of hydrogen-bond donors (Lipinski definition) is 1. The van der Waals surface area contributed by atoms with Crippen molar-refractivity contribution < 1.29 is 19.4 Å². The third-order valence-electron chi connectivity index (χ3n) is 2.31. The van der Waals surface area contributed by atoms with Crippen LogP contribution in [-0.4, -0.2) is 47.0 Å². The molecular formula is C14H24N2O4. The number of rotatable bonds is 6. The van der Waals surface area contributed by atoms with Crippen LogP contribution in [0.2, 0.25) is 0 Å². The van der Waals surface area contributed by atoms with Gasteiger partial charge in [0.15, 0.2) is 0 Å². The predicted octanol–water partition coefficient (Wildman–Crippen LogP) is 2.69. The van der Waals surface area contributed by atoms with Gasteiger partial charge < -0.3 is 14.7 Å². The Labute approximate surface area is 120 Å². The molecule has 0 bridgehead atoms. The minimum Gasteiger partial charge on any atom is -0.477 e. The standard InChI is InChI=1S/C14H24N2O4/c1-10(15-11(2)12(17)18)8-7-9-16(6)13(19)20-14(3,4)5/h2,7-9H2,1,3-6H3,(H,17,18). The number of carbonyl (C=O) groups is 2. The molecule has 0 heterocycles. The zero-order valence-corrected chi connectivity index (χ0v) is 12.9. The van der Waals surface area contributed by atoms with E-state index in [1.165, 1.54) is 4.90 Å². The summed E-state index contributed by atoms with van der Waals surface area (Å²) < 4.78 is 5.22. The summed E-state index contributed by atoms with van der Waals surface area (Å²) in [7, 11) is 1.66. The molecule has 0 atom stereocenters. The maximum atomic E-state index is 11.7. The zero-order valence-electron chi connectivity index (χ0n) is 12.9. The molecule has 0 fully saturated rings. The van der Waals surface area contributed by atoms with E-state index in [4.69, 9.17) is 9.84 Å². The minimum atomic E-state index is -1.13. The third kappa shape index (κ3) is 8.29. The summed E-state index contributed by atoms with van der Waals surface area (Å²) in [4.78, 5) is 27.6. The van der Waals surface area contributed by atoms with Gasteiger partial charge in [-0.3, -0.25) is 4.99 Å². The number of aliphatic imine (C=N–C) groups is 1. The minimum absolute atomic E-state index is 0.178. The molecule has 0 rings (SSSR count). The Morgan fingerprint density at radius 2 is 1.90 bits per heavy atom. The molecule has 6 heteroatoms. The van der Waals surface area contributed by atoms with E-state index in [1.807, 2.05) is 20.8 Å². The van der Waals surface area contributed by atoms with Crippen LogP contribution in [0.5, 0.6) is 0 Å². The first-order valence-corrected chi connectivity index (χ1v) is 6.43. The Bertz CT molecular complexity index is 408. The Balaban J connectivity index is 4.15. The molecule has 0 spiro atoms. The van der Waals surface area contributed by atoms with Crippen molar-refractivity contribution in [3.05, 3.63) is 12.3 Å². The summed E-state index contributed by atoms with van der Waals surface area (Å²) in [5, 5.41) is 8.65. The lowest BCUT2D eigenvalue weighted by Crippen LogP contribution is -2.34. The highest BCUT2D eigenvalue weighted by Crippen LogP contribution is 2.09. The molecule has 0 unspecified atom stereocenters. The number of amides is 1. The summed E-state index contributed by atoms with van der Waals surface area (Å²) in [5.74, 6) is -1.13. The molecule has 0 aromatic carbocycles. The highest BCUT2D eigenvalue weighted by molar-refractivity contribution is 5.91. The molecule has 0 aromatic heterocycles. The lowest BCUT2D eigenvalue weighted by atomic mass is 10.2. The Kier molecular flexibility index (Phi) is 6.96. The van der Waals surface area contributed by atoms with Crippen molar-refractivity contribution in [2.24, 2.45) is 4.99 Å². The van der Waals surface area contributed by atoms with Gasteiger partial charge in [-0.2, -0.15) is 0 Å². The molecule has 6 nitrogen and oxygen atoms in total. The van der Waals surface area contributed by atoms with Crippen LogP contribution in [0.3, 0.4) is 0 Å². The first-order chi connectivity index (χ1) is 9.03. The topological polar surface area (TPSA) is 79.2 Å². The first kappa shape index (κ1) is 18.1. The summed E-state index contributed by atoms with van der Waals surface area (Å²) in [6, 6.07) is 0. The van der Waals surface area contributed by atoms with Gasteiger partial charge in [0.05, 0.1) is 0 Å². The van der Waals surface area contributed by atoms with Crippen molar-refractivity contribution in [1.82, 2.24) is 4.90 Å². The summed E-state index contributed by atoms with van der Waals surface area (Å²) in [6.45, 7) is 11.0. The van der Waals surface area contributed by atoms with E-state index in [1.54, 1.807) is 14.0 Å². The predicted molar refractivity (Wildman–Crippen MR) is 78.0 cm³/mol. The summed E-state index contributed by atoms with van der Waals surface area (Å²) in [5.41, 5.74) is -0.0138. The van der Waals surface area contributed by atoms with Crippen molar-refractivity contribution in [1.29, 1.82) is 0 Å². The van der Waals surface area contributed by atoms with Gasteiger partial charge in [-0.15, -0.1) is 0 Å². The maximum absolute atomic E-state index is 11.7. The number of carbonyl (C=O) groups excluding carboxylic acids is 1. The summed E-state index contributed by atoms with van der Waals surface area (Å²) in [6.07, 6.45) is 0.902. The van der Waals surface area contributed by atoms with Crippen molar-refractivity contribution in [3.8, 4) is 0 Å². The molecule has 0 aliphatic heterocycles. The molecule has 0 saturated heterocycles. The van der Waals surface area contributed by atoms with Crippen LogP contribution in [-0.2, 0) is 9.53 Å². The normalized spacial score (nSPS) is 11.9. The van der Waals surface area contributed by atoms with Gasteiger partial charge >= 0.3 is 12.1 Å². The number of nitrogens with zero attached hydrogens (tertiary/aromatic N) is 2. The number of carboxylic acid groups (broad SMARTS) is 1. The lowest BCUT2D eigenvalue weighted by molar-refractivity contribution is -0.132. The Hall–Kier alpha value is -1.85. The van der Waals surface area contributed by atoms with Crippen LogP contribution in [0.15, 0.2) is 17.3 Å². The average Bonchev–Trinajstić information content (AvgIpc) is 2.26. The highest BCUT2D eigenvalue weighted by Gasteiger charge is 2.19. The smallest absolute Gasteiger partial charge is 0.410 e. The highest BCUT2D eigenvalue weighted by atomic mass is 16.6. The second-order valence-electron chi connectivity index (χ2n) is 5.60. The third-order valence-corrected chi connectivity index (χ3v) is 2.31. The van der Waals surface area contributed by atoms with Gasteiger partial charge in [-0.05, 0) is 40.5 Å². The molecule has 0 radical (unpaired) electrons. The van der Waals surface area contributed by atoms with Crippen LogP contribution in [0.4, 0.5) is 4.79 Å². The van der Waals surface area contributed by atoms with Gasteiger partial charge in [-0.25, -0.2) is 9.59 Å². The monoisotopic (exact) mass is 284 g/mol. The second-order valence-corrected chi connectivity index (χ2v) is 5.60. The van der Waals surface area contributed by atoms with Crippen molar-refractivity contribution in [3.63, 3.8) is 0 Å². The summed E-state index contributed by atoms with van der Waals surface area (Å²) >= 11 is 0. The molecule has 0 aliphatic carbocycles. The quantitative estimate of drug-likeness (QED) is 0.600. The first-order valence-electron chi connectivity index (χ1n) is 6.43. The molecular weight excluding hydrogens is 260 g/mol. The van der Waals surface area contributed by atoms with Gasteiger partial charge in [-0.1, -0.05) is 6.58 Å². The Morgan fingerprint density at radius 3 is 2.35 bits per heavy atom. The lowest BCUT2D eigenvalue weighted by Gasteiger charge is -2.24. The van der Waals surface area contributed by atoms with E-state index in [-0.39, 0.29) is 11.8 Å². The largest absolute Gasteiger partial charge is 0.477 e. The van der Waals surface area contributed by atoms with Crippen LogP contribution >= 0.6 is 0 Å². The number of hydrogen-bond acceptors (Lipinski definition) is 4. The van der Waals surface area contributed by atoms with E-state index in [2.05, 4.69) is 11.6 Å². The molecule has 0 saturated carbocycles. The van der Waals surface area contributed by atoms with Crippen LogP contribution in [0.25, 0.3) is 0 Å². The van der Waals surface area contributed by atoms with E-state index in [0.29, 0.717) is 25.1 Å². The molecule has 20 heavy (non-hydrogen) atoms. The fraction of sp³-hybridized carbons (Fsp3) is 0.643. The molecule has 1 N–H and O–H groups in total. The zero-order chi connectivity index (χ0) is 15.9. The van der Waals surface area contributed by atoms with Crippen molar-refractivity contribution in [2.75, 3.05) is 13.6 Å². The van der Waals surface area contributed by atoms with Gasteiger partial charge in [0.1, 0.15) is 11.3 Å². The average molecular weight is 284 g/mol. The fourth-order valence-corrected chi connectivity index (χ4v) is 1.34. The van der Waals surface area contributed by atoms with Crippen LogP contribution in [0.1, 0.15) is 40.5 Å². The molecule has 1 amide bonds. The number of carboxylic acids is 1. The SMILES string of the molecule is C=C(N=C(C)CCCN(C)C(=O)OC(C)(C)C)C(=O)O. The van der Waals surface area contributed by atoms with E-state index < -0.39 is 11.6 Å². The van der Waals surface area contributed by atoms with Gasteiger partial charge in [0.2, 0.25) is 0 Å². The molecule has 0 aliphatic rings. The van der Waals surface area contributed by atoms with Crippen LogP contribution < -0.4 is 0 Å². The number of aliphatic carboxylic acids is 1. The van der Waals surface area contributed by atoms with Crippen molar-refractivity contribution >= 4 is 17.8 Å². The fourth-order valence-electron chi connectivity index (χ4n) is 1.34. The number of ether oxygens (including phenoxy) is 1. The molecule has 0 aromatic rings. The van der Waals surface area contributed by atoms with E-state index in [0.717, 1.165) is 0 Å². The molecule has 114 valence electrons. The Morgan fingerprint density at radius 1 is 1.35 bits per heavy atom. The van der Waals surface area contributed by atoms with Gasteiger partial charge in [0.25, 0.3) is 0 Å². The van der Waals surface area contributed by atoms with E-state index >= 15 is 0 Å². The maximum Gasteiger partial charge on any atom is 0.410 e. The van der Waals surface area contributed by atoms with E-state index in [9.17, 15) is 9.59 Å². The van der Waals surface area contributed by atoms with Crippen LogP contribution in [0, 0.1) is 0 Å².